The molecule has 0 saturated carbocycles. The van der Waals surface area contributed by atoms with Gasteiger partial charge in [0, 0.05) is 23.6 Å². The molecule has 2 heterocycles. The molecule has 2 aliphatic heterocycles. The van der Waals surface area contributed by atoms with Crippen molar-refractivity contribution in [3.63, 3.8) is 0 Å². The largest absolute Gasteiger partial charge is 0.512 e. The van der Waals surface area contributed by atoms with Crippen molar-refractivity contribution in [1.82, 2.24) is 0 Å². The fraction of sp³-hybridized carbons (Fsp3) is 0.429. The molecule has 6 atom stereocenters. The molecule has 29 heavy (non-hydrogen) atoms. The summed E-state index contributed by atoms with van der Waals surface area (Å²) in [5.41, 5.74) is 1.22. The lowest BCUT2D eigenvalue weighted by molar-refractivity contribution is -0.200. The van der Waals surface area contributed by atoms with Gasteiger partial charge in [-0.3, -0.25) is 0 Å². The number of fused-ring (bicyclic) bond motifs is 1. The Balaban J connectivity index is 1.67. The van der Waals surface area contributed by atoms with Crippen molar-refractivity contribution in [3.05, 3.63) is 59.1 Å². The summed E-state index contributed by atoms with van der Waals surface area (Å²) in [5, 5.41) is 60.6. The zero-order chi connectivity index (χ0) is 20.7. The van der Waals surface area contributed by atoms with Gasteiger partial charge in [0.15, 0.2) is 0 Å². The number of hydrogen-bond donors (Lipinski definition) is 6. The van der Waals surface area contributed by atoms with Crippen molar-refractivity contribution < 1.29 is 40.1 Å². The second-order valence-corrected chi connectivity index (χ2v) is 7.56. The molecule has 0 spiro atoms. The highest BCUT2D eigenvalue weighted by Crippen LogP contribution is 2.43. The highest BCUT2D eigenvalue weighted by molar-refractivity contribution is 5.63. The summed E-state index contributed by atoms with van der Waals surface area (Å²) in [6, 6.07) is 6.41. The summed E-state index contributed by atoms with van der Waals surface area (Å²) in [4.78, 5) is 0. The molecule has 1 aliphatic carbocycles. The molecule has 0 amide bonds. The monoisotopic (exact) mass is 404 g/mol. The maximum absolute atomic E-state index is 10.6. The van der Waals surface area contributed by atoms with Gasteiger partial charge in [0.1, 0.15) is 41.3 Å². The van der Waals surface area contributed by atoms with Gasteiger partial charge in [-0.15, -0.1) is 0 Å². The number of benzene rings is 1. The molecule has 156 valence electrons. The summed E-state index contributed by atoms with van der Waals surface area (Å²) in [6.07, 6.45) is -1.59. The number of aliphatic hydroxyl groups excluding tert-OH is 5. The predicted molar refractivity (Wildman–Crippen MR) is 102 cm³/mol. The van der Waals surface area contributed by atoms with Gasteiger partial charge in [0.25, 0.3) is 0 Å². The summed E-state index contributed by atoms with van der Waals surface area (Å²) >= 11 is 0. The van der Waals surface area contributed by atoms with Crippen LogP contribution in [0.25, 0.3) is 5.76 Å². The van der Waals surface area contributed by atoms with E-state index in [-0.39, 0.29) is 30.3 Å². The van der Waals surface area contributed by atoms with E-state index in [0.717, 1.165) is 0 Å². The van der Waals surface area contributed by atoms with Gasteiger partial charge in [-0.25, -0.2) is 0 Å². The van der Waals surface area contributed by atoms with Crippen molar-refractivity contribution in [1.29, 1.82) is 0 Å². The molecule has 8 heteroatoms. The summed E-state index contributed by atoms with van der Waals surface area (Å²) in [5.74, 6) is -0.633. The maximum atomic E-state index is 10.6. The molecule has 2 unspecified atom stereocenters. The lowest BCUT2D eigenvalue weighted by Crippen LogP contribution is -2.56. The first-order chi connectivity index (χ1) is 13.9. The fourth-order valence-electron chi connectivity index (χ4n) is 4.15. The highest BCUT2D eigenvalue weighted by Gasteiger charge is 2.49. The Morgan fingerprint density at radius 1 is 1.03 bits per heavy atom. The van der Waals surface area contributed by atoms with E-state index in [1.54, 1.807) is 18.2 Å². The Kier molecular flexibility index (Phi) is 5.26. The van der Waals surface area contributed by atoms with Crippen molar-refractivity contribution in [2.24, 2.45) is 5.92 Å². The van der Waals surface area contributed by atoms with Crippen LogP contribution in [-0.2, 0) is 9.47 Å². The average Bonchev–Trinajstić information content (AvgIpc) is 2.71. The van der Waals surface area contributed by atoms with E-state index in [1.807, 2.05) is 0 Å². The molecule has 6 N–H and O–H groups in total. The number of aromatic hydroxyl groups is 1. The minimum atomic E-state index is -1.30. The van der Waals surface area contributed by atoms with Gasteiger partial charge in [-0.05, 0) is 36.8 Å². The lowest BCUT2D eigenvalue weighted by atomic mass is 9.78. The van der Waals surface area contributed by atoms with Gasteiger partial charge in [-0.1, -0.05) is 0 Å². The highest BCUT2D eigenvalue weighted by atomic mass is 16.5. The van der Waals surface area contributed by atoms with Crippen LogP contribution in [0.3, 0.4) is 0 Å². The van der Waals surface area contributed by atoms with E-state index in [0.29, 0.717) is 23.3 Å². The van der Waals surface area contributed by atoms with Gasteiger partial charge in [-0.2, -0.15) is 0 Å². The van der Waals surface area contributed by atoms with E-state index < -0.39 is 36.4 Å². The Labute approximate surface area is 167 Å². The second kappa shape index (κ2) is 7.72. The third-order valence-corrected chi connectivity index (χ3v) is 5.68. The summed E-state index contributed by atoms with van der Waals surface area (Å²) < 4.78 is 11.9. The number of phenolic OH excluding ortho intramolecular Hbond substituents is 1. The second-order valence-electron chi connectivity index (χ2n) is 7.56. The van der Waals surface area contributed by atoms with Crippen LogP contribution in [-0.4, -0.2) is 67.8 Å². The average molecular weight is 404 g/mol. The number of phenols is 1. The summed E-state index contributed by atoms with van der Waals surface area (Å²) in [7, 11) is 0. The van der Waals surface area contributed by atoms with Crippen LogP contribution in [0.4, 0.5) is 0 Å². The number of ether oxygens (including phenoxy) is 2. The van der Waals surface area contributed by atoms with Crippen LogP contribution in [0.15, 0.2) is 53.5 Å². The maximum Gasteiger partial charge on any atom is 0.136 e. The third-order valence-electron chi connectivity index (χ3n) is 5.68. The van der Waals surface area contributed by atoms with Crippen molar-refractivity contribution in [3.8, 4) is 5.75 Å². The SMILES string of the molecule is OC[C@@H]1C[C@H](O)[C@@H](O)[C@H](C2C(O)=CC(O)=C3CC=C(c4ccc(O)cc4)OC32)O1. The predicted octanol–water partition coefficient (Wildman–Crippen LogP) is 1.28. The first kappa shape index (κ1) is 19.8. The first-order valence-corrected chi connectivity index (χ1v) is 9.50. The van der Waals surface area contributed by atoms with Crippen LogP contribution >= 0.6 is 0 Å². The number of rotatable bonds is 3. The van der Waals surface area contributed by atoms with Crippen LogP contribution in [0.2, 0.25) is 0 Å². The van der Waals surface area contributed by atoms with E-state index in [4.69, 9.17) is 9.47 Å². The van der Waals surface area contributed by atoms with E-state index >= 15 is 0 Å². The molecule has 4 rings (SSSR count). The first-order valence-electron chi connectivity index (χ1n) is 9.50. The van der Waals surface area contributed by atoms with E-state index in [9.17, 15) is 30.6 Å². The van der Waals surface area contributed by atoms with Crippen LogP contribution in [0.5, 0.6) is 5.75 Å². The van der Waals surface area contributed by atoms with E-state index in [1.165, 1.54) is 18.2 Å². The Morgan fingerprint density at radius 2 is 1.76 bits per heavy atom. The van der Waals surface area contributed by atoms with Crippen LogP contribution in [0.1, 0.15) is 18.4 Å². The van der Waals surface area contributed by atoms with Gasteiger partial charge >= 0.3 is 0 Å². The molecule has 0 radical (unpaired) electrons. The quantitative estimate of drug-likeness (QED) is 0.443. The fourth-order valence-corrected chi connectivity index (χ4v) is 4.15. The smallest absolute Gasteiger partial charge is 0.136 e. The van der Waals surface area contributed by atoms with Crippen molar-refractivity contribution in [2.45, 2.75) is 43.4 Å². The molecular formula is C21H24O8. The molecule has 1 aromatic carbocycles. The third kappa shape index (κ3) is 3.60. The summed E-state index contributed by atoms with van der Waals surface area (Å²) in [6.45, 7) is -0.338. The zero-order valence-electron chi connectivity index (χ0n) is 15.5. The molecule has 8 nitrogen and oxygen atoms in total. The number of allylic oxidation sites excluding steroid dienone is 2. The number of hydrogen-bond acceptors (Lipinski definition) is 8. The van der Waals surface area contributed by atoms with Crippen LogP contribution in [0, 0.1) is 5.92 Å². The van der Waals surface area contributed by atoms with Gasteiger partial charge < -0.3 is 40.1 Å². The molecule has 1 aromatic rings. The van der Waals surface area contributed by atoms with Crippen molar-refractivity contribution >= 4 is 5.76 Å². The number of aliphatic hydroxyl groups is 5. The Bertz CT molecular complexity index is 856. The molecule has 1 fully saturated rings. The Hall–Kier alpha value is -2.52. The van der Waals surface area contributed by atoms with Crippen LogP contribution < -0.4 is 0 Å². The molecule has 0 bridgehead atoms. The molecule has 1 saturated heterocycles. The zero-order valence-corrected chi connectivity index (χ0v) is 15.5. The Morgan fingerprint density at radius 3 is 2.45 bits per heavy atom. The molecule has 0 aromatic heterocycles. The van der Waals surface area contributed by atoms with Gasteiger partial charge in [0.05, 0.1) is 24.7 Å². The van der Waals surface area contributed by atoms with Gasteiger partial charge in [0.2, 0.25) is 0 Å². The topological polar surface area (TPSA) is 140 Å². The minimum Gasteiger partial charge on any atom is -0.512 e. The lowest BCUT2D eigenvalue weighted by Gasteiger charge is -2.44. The molecular weight excluding hydrogens is 380 g/mol. The minimum absolute atomic E-state index is 0.0729. The standard InChI is InChI=1S/C21H24O8/c22-9-12-7-16(26)19(27)21(28-12)18-15(25)8-14(24)13-5-6-17(29-20(13)18)10-1-3-11(23)4-2-10/h1-4,6,8,12,16,18-27H,5,7,9H2/t12-,16-,18?,19+,20?,21-/m0/s1. The normalized spacial score (nSPS) is 34.7. The van der Waals surface area contributed by atoms with E-state index in [2.05, 4.69) is 0 Å². The molecule has 3 aliphatic rings. The van der Waals surface area contributed by atoms with Crippen molar-refractivity contribution in [2.75, 3.05) is 6.61 Å².